The Kier molecular flexibility index (Phi) is 6.61. The Hall–Kier alpha value is -3.10. The lowest BCUT2D eigenvalue weighted by molar-refractivity contribution is -0.156. The normalized spacial score (nSPS) is 14.2. The molecule has 0 saturated heterocycles. The highest BCUT2D eigenvalue weighted by Gasteiger charge is 2.22. The third-order valence-corrected chi connectivity index (χ3v) is 3.73. The standard InChI is InChI=1S/C19H25N3O6/c1-11(17(25)21-18(26)22-19(2,3)4)28-16(24)10-27-13-6-7-14-12(9-13)5-8-15(23)20-14/h6-7,9,11H,5,8,10H2,1-4H3,(H,20,23)(H2,21,22,25,26). The second-order valence-corrected chi connectivity index (χ2v) is 7.48. The van der Waals surface area contributed by atoms with Crippen molar-refractivity contribution >= 4 is 29.5 Å². The van der Waals surface area contributed by atoms with Gasteiger partial charge in [-0.3, -0.25) is 14.9 Å². The molecule has 3 N–H and O–H groups in total. The molecule has 9 heteroatoms. The molecule has 1 aromatic carbocycles. The van der Waals surface area contributed by atoms with E-state index in [1.165, 1.54) is 6.92 Å². The smallest absolute Gasteiger partial charge is 0.344 e. The third-order valence-electron chi connectivity index (χ3n) is 3.73. The van der Waals surface area contributed by atoms with Crippen LogP contribution >= 0.6 is 0 Å². The number of carbonyl (C=O) groups excluding carboxylic acids is 4. The Morgan fingerprint density at radius 1 is 1.21 bits per heavy atom. The predicted octanol–water partition coefficient (Wildman–Crippen LogP) is 1.51. The Labute approximate surface area is 163 Å². The van der Waals surface area contributed by atoms with Crippen molar-refractivity contribution in [1.29, 1.82) is 0 Å². The maximum absolute atomic E-state index is 11.9. The zero-order valence-corrected chi connectivity index (χ0v) is 16.4. The molecule has 1 aliphatic rings. The number of benzene rings is 1. The molecule has 0 bridgehead atoms. The Bertz CT molecular complexity index is 784. The van der Waals surface area contributed by atoms with Crippen LogP contribution in [0.5, 0.6) is 5.75 Å². The van der Waals surface area contributed by atoms with Crippen LogP contribution in [0.15, 0.2) is 18.2 Å². The highest BCUT2D eigenvalue weighted by molar-refractivity contribution is 5.97. The van der Waals surface area contributed by atoms with E-state index in [0.29, 0.717) is 18.6 Å². The first-order valence-electron chi connectivity index (χ1n) is 8.91. The molecule has 1 aromatic rings. The van der Waals surface area contributed by atoms with Gasteiger partial charge in [0.25, 0.3) is 5.91 Å². The fraction of sp³-hybridized carbons (Fsp3) is 0.474. The van der Waals surface area contributed by atoms with Crippen LogP contribution in [0.4, 0.5) is 10.5 Å². The van der Waals surface area contributed by atoms with E-state index in [4.69, 9.17) is 9.47 Å². The number of aryl methyl sites for hydroxylation is 1. The van der Waals surface area contributed by atoms with Crippen molar-refractivity contribution in [2.24, 2.45) is 0 Å². The van der Waals surface area contributed by atoms with Gasteiger partial charge in [0.2, 0.25) is 5.91 Å². The Balaban J connectivity index is 1.79. The average molecular weight is 391 g/mol. The predicted molar refractivity (Wildman–Crippen MR) is 101 cm³/mol. The summed E-state index contributed by atoms with van der Waals surface area (Å²) in [6, 6.07) is 4.41. The van der Waals surface area contributed by atoms with Gasteiger partial charge in [0.05, 0.1) is 0 Å². The zero-order valence-electron chi connectivity index (χ0n) is 16.4. The van der Waals surface area contributed by atoms with E-state index in [0.717, 1.165) is 11.3 Å². The number of rotatable bonds is 5. The summed E-state index contributed by atoms with van der Waals surface area (Å²) >= 11 is 0. The minimum absolute atomic E-state index is 0.0341. The molecular weight excluding hydrogens is 366 g/mol. The summed E-state index contributed by atoms with van der Waals surface area (Å²) < 4.78 is 10.4. The quantitative estimate of drug-likeness (QED) is 0.654. The highest BCUT2D eigenvalue weighted by Crippen LogP contribution is 2.26. The monoisotopic (exact) mass is 391 g/mol. The third kappa shape index (κ3) is 6.57. The average Bonchev–Trinajstić information content (AvgIpc) is 2.58. The number of hydrogen-bond donors (Lipinski definition) is 3. The Morgan fingerprint density at radius 3 is 2.61 bits per heavy atom. The van der Waals surface area contributed by atoms with Crippen LogP contribution in [-0.4, -0.2) is 42.1 Å². The number of anilines is 1. The molecule has 4 amide bonds. The van der Waals surface area contributed by atoms with Gasteiger partial charge in [-0.2, -0.15) is 0 Å². The van der Waals surface area contributed by atoms with E-state index in [2.05, 4.69) is 16.0 Å². The van der Waals surface area contributed by atoms with Gasteiger partial charge in [-0.05, 0) is 57.9 Å². The first-order chi connectivity index (χ1) is 13.0. The van der Waals surface area contributed by atoms with Crippen molar-refractivity contribution < 1.29 is 28.7 Å². The molecule has 0 spiro atoms. The summed E-state index contributed by atoms with van der Waals surface area (Å²) in [5.74, 6) is -1.06. The highest BCUT2D eigenvalue weighted by atomic mass is 16.6. The lowest BCUT2D eigenvalue weighted by Gasteiger charge is -2.21. The molecule has 0 saturated carbocycles. The molecule has 0 aromatic heterocycles. The molecule has 0 radical (unpaired) electrons. The van der Waals surface area contributed by atoms with Crippen LogP contribution in [0.2, 0.25) is 0 Å². The van der Waals surface area contributed by atoms with Crippen molar-refractivity contribution in [2.75, 3.05) is 11.9 Å². The minimum atomic E-state index is -1.15. The SMILES string of the molecule is CC(OC(=O)COc1ccc2c(c1)CCC(=O)N2)C(=O)NC(=O)NC(C)(C)C. The van der Waals surface area contributed by atoms with Crippen molar-refractivity contribution in [3.63, 3.8) is 0 Å². The van der Waals surface area contributed by atoms with Crippen LogP contribution in [0.25, 0.3) is 0 Å². The molecule has 152 valence electrons. The number of hydrogen-bond acceptors (Lipinski definition) is 6. The van der Waals surface area contributed by atoms with Gasteiger partial charge in [0.15, 0.2) is 12.7 Å². The number of fused-ring (bicyclic) bond motifs is 1. The second-order valence-electron chi connectivity index (χ2n) is 7.48. The first-order valence-corrected chi connectivity index (χ1v) is 8.91. The summed E-state index contributed by atoms with van der Waals surface area (Å²) in [6.07, 6.45) is -0.162. The van der Waals surface area contributed by atoms with Gasteiger partial charge < -0.3 is 20.1 Å². The number of urea groups is 1. The largest absolute Gasteiger partial charge is 0.482 e. The van der Waals surface area contributed by atoms with E-state index in [1.54, 1.807) is 39.0 Å². The van der Waals surface area contributed by atoms with E-state index in [9.17, 15) is 19.2 Å². The zero-order chi connectivity index (χ0) is 20.9. The van der Waals surface area contributed by atoms with Gasteiger partial charge in [0, 0.05) is 17.6 Å². The summed E-state index contributed by atoms with van der Waals surface area (Å²) in [6.45, 7) is 6.28. The van der Waals surface area contributed by atoms with E-state index >= 15 is 0 Å². The molecular formula is C19H25N3O6. The van der Waals surface area contributed by atoms with Crippen LogP contribution in [0.1, 0.15) is 39.7 Å². The summed E-state index contributed by atoms with van der Waals surface area (Å²) in [5.41, 5.74) is 1.14. The lowest BCUT2D eigenvalue weighted by atomic mass is 10.0. The molecule has 2 rings (SSSR count). The molecule has 1 heterocycles. The maximum Gasteiger partial charge on any atom is 0.344 e. The molecule has 9 nitrogen and oxygen atoms in total. The van der Waals surface area contributed by atoms with Crippen LogP contribution in [-0.2, 0) is 25.5 Å². The fourth-order valence-electron chi connectivity index (χ4n) is 2.46. The van der Waals surface area contributed by atoms with Crippen molar-refractivity contribution in [2.45, 2.75) is 52.2 Å². The molecule has 1 aliphatic heterocycles. The number of amides is 4. The topological polar surface area (TPSA) is 123 Å². The van der Waals surface area contributed by atoms with Gasteiger partial charge >= 0.3 is 12.0 Å². The first kappa shape index (κ1) is 21.2. The number of carbonyl (C=O) groups is 4. The van der Waals surface area contributed by atoms with E-state index in [-0.39, 0.29) is 5.91 Å². The summed E-state index contributed by atoms with van der Waals surface area (Å²) in [4.78, 5) is 46.8. The fourth-order valence-corrected chi connectivity index (χ4v) is 2.46. The molecule has 0 fully saturated rings. The molecule has 1 atom stereocenters. The maximum atomic E-state index is 11.9. The van der Waals surface area contributed by atoms with Crippen molar-refractivity contribution in [3.8, 4) is 5.75 Å². The van der Waals surface area contributed by atoms with Gasteiger partial charge in [-0.15, -0.1) is 0 Å². The van der Waals surface area contributed by atoms with Gasteiger partial charge in [-0.1, -0.05) is 0 Å². The minimum Gasteiger partial charge on any atom is -0.482 e. The van der Waals surface area contributed by atoms with Crippen molar-refractivity contribution in [1.82, 2.24) is 10.6 Å². The van der Waals surface area contributed by atoms with Gasteiger partial charge in [0.1, 0.15) is 5.75 Å². The lowest BCUT2D eigenvalue weighted by Crippen LogP contribution is -2.50. The molecule has 1 unspecified atom stereocenters. The summed E-state index contributed by atoms with van der Waals surface area (Å²) in [5, 5.41) is 7.44. The van der Waals surface area contributed by atoms with Crippen LogP contribution in [0.3, 0.4) is 0 Å². The summed E-state index contributed by atoms with van der Waals surface area (Å²) in [7, 11) is 0. The van der Waals surface area contributed by atoms with Crippen molar-refractivity contribution in [3.05, 3.63) is 23.8 Å². The van der Waals surface area contributed by atoms with E-state index in [1.807, 2.05) is 0 Å². The van der Waals surface area contributed by atoms with Crippen LogP contribution in [0, 0.1) is 0 Å². The van der Waals surface area contributed by atoms with Gasteiger partial charge in [-0.25, -0.2) is 9.59 Å². The number of ether oxygens (including phenoxy) is 2. The number of nitrogens with one attached hydrogen (secondary N) is 3. The molecule has 28 heavy (non-hydrogen) atoms. The number of imide groups is 1. The second kappa shape index (κ2) is 8.73. The van der Waals surface area contributed by atoms with Crippen LogP contribution < -0.4 is 20.7 Å². The number of esters is 1. The molecule has 0 aliphatic carbocycles. The van der Waals surface area contributed by atoms with E-state index < -0.39 is 36.2 Å². The Morgan fingerprint density at radius 2 is 1.93 bits per heavy atom.